The van der Waals surface area contributed by atoms with E-state index < -0.39 is 31.2 Å². The number of aryl methyl sites for hydroxylation is 1. The summed E-state index contributed by atoms with van der Waals surface area (Å²) >= 11 is -0.560. The summed E-state index contributed by atoms with van der Waals surface area (Å²) in [5.74, 6) is 5.28. The Labute approximate surface area is 247 Å². The van der Waals surface area contributed by atoms with Gasteiger partial charge in [0.15, 0.2) is 15.4 Å². The van der Waals surface area contributed by atoms with Crippen molar-refractivity contribution >= 4 is 10.0 Å². The molecule has 0 saturated carbocycles. The first-order valence-corrected chi connectivity index (χ1v) is 16.2. The number of nitrogens with one attached hydrogen (secondary N) is 1. The number of methoxy groups -OCH3 is 3. The zero-order valence-electron chi connectivity index (χ0n) is 22.8. The maximum atomic E-state index is 12.9. The Morgan fingerprint density at radius 1 is 0.850 bits per heavy atom. The fraction of sp³-hybridized carbons (Fsp3) is 0.188. The fourth-order valence-electron chi connectivity index (χ4n) is 4.14. The van der Waals surface area contributed by atoms with Gasteiger partial charge in [-0.05, 0) is 72.9 Å². The van der Waals surface area contributed by atoms with Gasteiger partial charge in [-0.3, -0.25) is 0 Å². The topological polar surface area (TPSA) is 73.9 Å². The molecule has 206 valence electrons. The van der Waals surface area contributed by atoms with Gasteiger partial charge in [-0.25, -0.2) is 13.1 Å². The average Bonchev–Trinajstić information content (AvgIpc) is 2.98. The molecule has 0 radical (unpaired) electrons. The number of halogens is 1. The van der Waals surface area contributed by atoms with Crippen LogP contribution in [0.25, 0.3) is 11.1 Å². The van der Waals surface area contributed by atoms with Gasteiger partial charge in [0.05, 0.1) is 26.2 Å². The Hall–Kier alpha value is -3.52. The molecule has 0 atom stereocenters. The Morgan fingerprint density at radius 2 is 1.55 bits per heavy atom. The molecular weight excluding hydrogens is 637 g/mol. The quantitative estimate of drug-likeness (QED) is 0.208. The van der Waals surface area contributed by atoms with E-state index in [2.05, 4.69) is 26.7 Å². The van der Waals surface area contributed by atoms with Crippen molar-refractivity contribution in [2.75, 3.05) is 27.9 Å². The van der Waals surface area contributed by atoms with Gasteiger partial charge in [0.2, 0.25) is 13.6 Å². The molecule has 0 aliphatic heterocycles. The lowest BCUT2D eigenvalue weighted by molar-refractivity contribution is -0.535. The highest BCUT2D eigenvalue weighted by Crippen LogP contribution is 2.43. The highest BCUT2D eigenvalue weighted by atomic mass is 127. The predicted octanol–water partition coefficient (Wildman–Crippen LogP) is 2.48. The summed E-state index contributed by atoms with van der Waals surface area (Å²) in [6.45, 7) is 2.11. The third-order valence-corrected chi connectivity index (χ3v) is 9.57. The molecule has 4 aromatic carbocycles. The van der Waals surface area contributed by atoms with E-state index in [0.717, 1.165) is 33.6 Å². The Kier molecular flexibility index (Phi) is 10.1. The lowest BCUT2D eigenvalue weighted by Crippen LogP contribution is -3.59. The molecule has 40 heavy (non-hydrogen) atoms. The van der Waals surface area contributed by atoms with Gasteiger partial charge in [-0.1, -0.05) is 48.0 Å². The van der Waals surface area contributed by atoms with E-state index in [-0.39, 0.29) is 11.4 Å². The highest BCUT2D eigenvalue weighted by molar-refractivity contribution is 7.89. The fourth-order valence-corrected chi connectivity index (χ4v) is 6.67. The molecule has 1 N–H and O–H groups in total. The molecule has 8 heteroatoms. The van der Waals surface area contributed by atoms with Gasteiger partial charge in [0.25, 0.3) is 0 Å². The van der Waals surface area contributed by atoms with E-state index in [9.17, 15) is 8.42 Å². The summed E-state index contributed by atoms with van der Waals surface area (Å²) in [6, 6.07) is 26.6. The summed E-state index contributed by atoms with van der Waals surface area (Å²) in [7, 11) is 1.16. The molecule has 0 unspecified atom stereocenters. The molecule has 6 nitrogen and oxygen atoms in total. The predicted molar refractivity (Wildman–Crippen MR) is 154 cm³/mol. The van der Waals surface area contributed by atoms with Crippen LogP contribution in [0.4, 0.5) is 0 Å². The number of rotatable bonds is 10. The number of benzene rings is 4. The molecule has 0 amide bonds. The minimum absolute atomic E-state index is 0.191. The zero-order valence-corrected chi connectivity index (χ0v) is 25.8. The molecule has 4 rings (SSSR count). The second-order valence-corrected chi connectivity index (χ2v) is 12.9. The molecule has 4 aromatic rings. The second-order valence-electron chi connectivity index (χ2n) is 8.82. The van der Waals surface area contributed by atoms with Crippen molar-refractivity contribution in [2.24, 2.45) is 0 Å². The third kappa shape index (κ3) is 7.16. The van der Waals surface area contributed by atoms with E-state index >= 15 is 0 Å². The van der Waals surface area contributed by atoms with E-state index in [1.54, 1.807) is 45.6 Å². The van der Waals surface area contributed by atoms with Crippen LogP contribution in [-0.4, -0.2) is 36.3 Å². The SMILES string of the molecule is COc1ccc(-c2c(C#C[I+]c3ccccc3)c(CCNS(=O)(=O)c3ccc(C)cc3)cc(OC)c2OC)cc1. The van der Waals surface area contributed by atoms with Crippen molar-refractivity contribution in [1.82, 2.24) is 4.72 Å². The van der Waals surface area contributed by atoms with Gasteiger partial charge in [-0.15, -0.1) is 0 Å². The largest absolute Gasteiger partial charge is 0.497 e. The monoisotopic (exact) mass is 668 g/mol. The Morgan fingerprint density at radius 3 is 2.17 bits per heavy atom. The molecule has 0 fully saturated rings. The van der Waals surface area contributed by atoms with Gasteiger partial charge >= 0.3 is 21.2 Å². The lowest BCUT2D eigenvalue weighted by Gasteiger charge is -2.19. The normalized spacial score (nSPS) is 10.9. The molecule has 0 bridgehead atoms. The number of hydrogen-bond acceptors (Lipinski definition) is 5. The van der Waals surface area contributed by atoms with Crippen LogP contribution in [0.2, 0.25) is 0 Å². The highest BCUT2D eigenvalue weighted by Gasteiger charge is 2.22. The molecular formula is C32H31INO5S+. The Bertz CT molecular complexity index is 1610. The number of ether oxygens (including phenoxy) is 3. The van der Waals surface area contributed by atoms with Crippen molar-refractivity contribution in [3.8, 4) is 38.2 Å². The lowest BCUT2D eigenvalue weighted by atomic mass is 9.92. The van der Waals surface area contributed by atoms with E-state index in [0.29, 0.717) is 17.9 Å². The van der Waals surface area contributed by atoms with Crippen molar-refractivity contribution in [2.45, 2.75) is 18.2 Å². The first-order chi connectivity index (χ1) is 19.4. The summed E-state index contributed by atoms with van der Waals surface area (Å²) in [6.07, 6.45) is 0.405. The zero-order chi connectivity index (χ0) is 28.5. The van der Waals surface area contributed by atoms with Crippen LogP contribution >= 0.6 is 0 Å². The van der Waals surface area contributed by atoms with Gasteiger partial charge in [0, 0.05) is 17.7 Å². The first-order valence-electron chi connectivity index (χ1n) is 12.5. The van der Waals surface area contributed by atoms with Gasteiger partial charge in [-0.2, -0.15) is 0 Å². The molecule has 0 saturated heterocycles. The van der Waals surface area contributed by atoms with Crippen LogP contribution in [0.1, 0.15) is 16.7 Å². The minimum atomic E-state index is -3.66. The van der Waals surface area contributed by atoms with Gasteiger partial charge < -0.3 is 14.2 Å². The van der Waals surface area contributed by atoms with Crippen molar-refractivity contribution in [3.05, 3.63) is 105 Å². The van der Waals surface area contributed by atoms with E-state index in [1.807, 2.05) is 55.5 Å². The number of hydrogen-bond donors (Lipinski definition) is 1. The third-order valence-electron chi connectivity index (χ3n) is 6.21. The smallest absolute Gasteiger partial charge is 0.420 e. The molecule has 0 aromatic heterocycles. The van der Waals surface area contributed by atoms with Crippen LogP contribution in [0.5, 0.6) is 17.2 Å². The summed E-state index contributed by atoms with van der Waals surface area (Å²) < 4.78 is 50.1. The maximum Gasteiger partial charge on any atom is 0.420 e. The van der Waals surface area contributed by atoms with Crippen molar-refractivity contribution in [1.29, 1.82) is 0 Å². The Balaban J connectivity index is 1.76. The standard InChI is InChI=1S/C32H31INO5S/c1-23-10-16-28(17-11-23)40(35,36)34-21-19-25-22-30(38-3)32(39-4)31(24-12-14-27(37-2)15-13-24)29(25)18-20-33-26-8-6-5-7-9-26/h5-17,22,34H,19,21H2,1-4H3/q+1. The summed E-state index contributed by atoms with van der Waals surface area (Å²) in [4.78, 5) is 0.233. The molecule has 0 aliphatic carbocycles. The van der Waals surface area contributed by atoms with Gasteiger partial charge in [0.1, 0.15) is 5.75 Å². The van der Waals surface area contributed by atoms with E-state index in [4.69, 9.17) is 14.2 Å². The molecule has 0 spiro atoms. The van der Waals surface area contributed by atoms with Crippen LogP contribution in [0, 0.1) is 20.3 Å². The van der Waals surface area contributed by atoms with Crippen molar-refractivity contribution in [3.63, 3.8) is 0 Å². The van der Waals surface area contributed by atoms with Crippen LogP contribution < -0.4 is 40.1 Å². The first kappa shape index (κ1) is 29.5. The summed E-state index contributed by atoms with van der Waals surface area (Å²) in [5, 5.41) is 0. The maximum absolute atomic E-state index is 12.9. The average molecular weight is 669 g/mol. The summed E-state index contributed by atoms with van der Waals surface area (Å²) in [5.41, 5.74) is 4.33. The molecule has 0 aliphatic rings. The van der Waals surface area contributed by atoms with Crippen LogP contribution in [0.15, 0.2) is 89.8 Å². The van der Waals surface area contributed by atoms with Crippen LogP contribution in [-0.2, 0) is 16.4 Å². The van der Waals surface area contributed by atoms with Crippen LogP contribution in [0.3, 0.4) is 0 Å². The van der Waals surface area contributed by atoms with E-state index in [1.165, 1.54) is 3.57 Å². The second kappa shape index (κ2) is 13.7. The van der Waals surface area contributed by atoms with Crippen molar-refractivity contribution < 1.29 is 43.8 Å². The molecule has 0 heterocycles. The number of sulfonamides is 1. The minimum Gasteiger partial charge on any atom is -0.497 e.